The molecule has 2 aromatic carbocycles. The molecule has 1 saturated heterocycles. The maximum atomic E-state index is 13.4. The summed E-state index contributed by atoms with van der Waals surface area (Å²) in [4.78, 5) is 47.4. The zero-order valence-electron chi connectivity index (χ0n) is 19.5. The van der Waals surface area contributed by atoms with E-state index in [-0.39, 0.29) is 22.2 Å². The quantitative estimate of drug-likeness (QED) is 0.132. The molecule has 0 spiro atoms. The number of benzene rings is 2. The first-order valence-electron chi connectivity index (χ1n) is 11.8. The number of nitrogens with zero attached hydrogens (tertiary/aromatic N) is 4. The van der Waals surface area contributed by atoms with Gasteiger partial charge in [-0.2, -0.15) is 0 Å². The predicted molar refractivity (Wildman–Crippen MR) is 138 cm³/mol. The summed E-state index contributed by atoms with van der Waals surface area (Å²) in [6.45, 7) is 0. The highest BCUT2D eigenvalue weighted by molar-refractivity contribution is 7.22. The van der Waals surface area contributed by atoms with Gasteiger partial charge in [-0.15, -0.1) is 0 Å². The zero-order chi connectivity index (χ0) is 25.7. The summed E-state index contributed by atoms with van der Waals surface area (Å²) in [7, 11) is 0. The van der Waals surface area contributed by atoms with Crippen molar-refractivity contribution in [1.29, 1.82) is 0 Å². The number of Topliss-reactive ketones (excluding diaryl/α,β-unsaturated/α-hetero) is 1. The van der Waals surface area contributed by atoms with E-state index in [9.17, 15) is 24.8 Å². The third-order valence-electron chi connectivity index (χ3n) is 6.84. The average molecular weight is 513 g/mol. The monoisotopic (exact) mass is 512 g/mol. The summed E-state index contributed by atoms with van der Waals surface area (Å²) in [5, 5.41) is 22.8. The molecular weight excluding hydrogens is 492 g/mol. The SMILES string of the molecule is O=C1C(=O)N(c2nc3ccc([N+](=O)[O-])cc3s2)C(c2cccnc2)/C1=C(\O)c1ccc2c(c1)CCCC2. The second-order valence-electron chi connectivity index (χ2n) is 9.05. The topological polar surface area (TPSA) is 127 Å². The number of nitro benzene ring substituents is 1. The lowest BCUT2D eigenvalue weighted by Gasteiger charge is -2.23. The lowest BCUT2D eigenvalue weighted by molar-refractivity contribution is -0.384. The van der Waals surface area contributed by atoms with E-state index in [1.165, 1.54) is 28.7 Å². The van der Waals surface area contributed by atoms with Crippen LogP contribution in [0.25, 0.3) is 16.0 Å². The van der Waals surface area contributed by atoms with E-state index in [0.29, 0.717) is 21.3 Å². The molecule has 184 valence electrons. The lowest BCUT2D eigenvalue weighted by Crippen LogP contribution is -2.29. The van der Waals surface area contributed by atoms with E-state index in [1.807, 2.05) is 12.1 Å². The lowest BCUT2D eigenvalue weighted by atomic mass is 9.89. The second kappa shape index (κ2) is 8.90. The molecule has 1 unspecified atom stereocenters. The molecule has 0 radical (unpaired) electrons. The van der Waals surface area contributed by atoms with Crippen LogP contribution >= 0.6 is 11.3 Å². The molecule has 1 aliphatic carbocycles. The molecule has 1 N–H and O–H groups in total. The van der Waals surface area contributed by atoms with Crippen molar-refractivity contribution in [2.45, 2.75) is 31.7 Å². The number of hydrogen-bond donors (Lipinski definition) is 1. The van der Waals surface area contributed by atoms with Crippen LogP contribution in [0.1, 0.15) is 41.1 Å². The third kappa shape index (κ3) is 3.86. The van der Waals surface area contributed by atoms with Crippen LogP contribution in [0.5, 0.6) is 0 Å². The fourth-order valence-electron chi connectivity index (χ4n) is 5.04. The van der Waals surface area contributed by atoms with Crippen molar-refractivity contribution in [3.05, 3.63) is 98.9 Å². The molecule has 4 aromatic rings. The van der Waals surface area contributed by atoms with Gasteiger partial charge in [0.1, 0.15) is 5.76 Å². The van der Waals surface area contributed by atoms with Crippen molar-refractivity contribution in [2.24, 2.45) is 0 Å². The van der Waals surface area contributed by atoms with Gasteiger partial charge in [-0.05, 0) is 60.6 Å². The molecule has 0 saturated carbocycles. The largest absolute Gasteiger partial charge is 0.507 e. The summed E-state index contributed by atoms with van der Waals surface area (Å²) in [6, 6.07) is 12.4. The highest BCUT2D eigenvalue weighted by Crippen LogP contribution is 2.44. The molecule has 10 heteroatoms. The molecular formula is C27H20N4O5S. The summed E-state index contributed by atoms with van der Waals surface area (Å²) in [6.07, 6.45) is 7.18. The van der Waals surface area contributed by atoms with E-state index in [2.05, 4.69) is 9.97 Å². The Bertz CT molecular complexity index is 1630. The van der Waals surface area contributed by atoms with Gasteiger partial charge in [-0.25, -0.2) is 4.98 Å². The van der Waals surface area contributed by atoms with E-state index >= 15 is 0 Å². The van der Waals surface area contributed by atoms with Crippen molar-refractivity contribution in [3.8, 4) is 0 Å². The van der Waals surface area contributed by atoms with E-state index in [1.54, 1.807) is 30.6 Å². The molecule has 1 amide bonds. The minimum Gasteiger partial charge on any atom is -0.507 e. The number of rotatable bonds is 4. The predicted octanol–water partition coefficient (Wildman–Crippen LogP) is 5.10. The number of pyridine rings is 1. The van der Waals surface area contributed by atoms with Gasteiger partial charge in [-0.1, -0.05) is 29.5 Å². The number of carbonyl (C=O) groups is 2. The number of thiazole rings is 1. The van der Waals surface area contributed by atoms with Crippen molar-refractivity contribution in [1.82, 2.24) is 9.97 Å². The molecule has 37 heavy (non-hydrogen) atoms. The number of non-ortho nitro benzene ring substituents is 1. The van der Waals surface area contributed by atoms with E-state index in [4.69, 9.17) is 0 Å². The Morgan fingerprint density at radius 1 is 1.08 bits per heavy atom. The molecule has 9 nitrogen and oxygen atoms in total. The molecule has 3 heterocycles. The van der Waals surface area contributed by atoms with Crippen LogP contribution < -0.4 is 4.90 Å². The molecule has 1 atom stereocenters. The fourth-order valence-corrected chi connectivity index (χ4v) is 6.06. The van der Waals surface area contributed by atoms with E-state index in [0.717, 1.165) is 42.6 Å². The van der Waals surface area contributed by atoms with Gasteiger partial charge >= 0.3 is 5.91 Å². The highest BCUT2D eigenvalue weighted by Gasteiger charge is 2.48. The standard InChI is InChI=1S/C27H20N4O5S/c32-24(17-8-7-15-4-1-2-5-16(15)12-17)22-23(18-6-3-11-28-14-18)30(26(34)25(22)33)27-29-20-10-9-19(31(35)36)13-21(20)37-27/h3,6-14,23,32H,1-2,4-5H2/b24-22+. The number of hydrogen-bond acceptors (Lipinski definition) is 8. The van der Waals surface area contributed by atoms with Crippen LogP contribution in [0.2, 0.25) is 0 Å². The Kier molecular flexibility index (Phi) is 5.53. The molecule has 2 aromatic heterocycles. The van der Waals surface area contributed by atoms with Gasteiger partial charge in [0.2, 0.25) is 0 Å². The minimum absolute atomic E-state index is 0.0426. The Morgan fingerprint density at radius 3 is 2.65 bits per heavy atom. The van der Waals surface area contributed by atoms with Crippen molar-refractivity contribution < 1.29 is 19.6 Å². The Labute approximate surface area is 214 Å². The van der Waals surface area contributed by atoms with Crippen LogP contribution in [-0.4, -0.2) is 31.7 Å². The van der Waals surface area contributed by atoms with Crippen molar-refractivity contribution >= 4 is 49.8 Å². The normalized spacial score (nSPS) is 18.8. The molecule has 1 aliphatic heterocycles. The Hall–Kier alpha value is -4.44. The number of anilines is 1. The average Bonchev–Trinajstić information content (AvgIpc) is 3.46. The van der Waals surface area contributed by atoms with Crippen molar-refractivity contribution in [2.75, 3.05) is 4.90 Å². The summed E-state index contributed by atoms with van der Waals surface area (Å²) >= 11 is 1.07. The zero-order valence-corrected chi connectivity index (χ0v) is 20.3. The smallest absolute Gasteiger partial charge is 0.301 e. The van der Waals surface area contributed by atoms with Gasteiger partial charge in [0.15, 0.2) is 5.13 Å². The molecule has 2 aliphatic rings. The molecule has 1 fully saturated rings. The maximum absolute atomic E-state index is 13.4. The summed E-state index contributed by atoms with van der Waals surface area (Å²) < 4.78 is 0.505. The first-order chi connectivity index (χ1) is 17.9. The maximum Gasteiger partial charge on any atom is 0.301 e. The third-order valence-corrected chi connectivity index (χ3v) is 7.86. The number of nitro groups is 1. The minimum atomic E-state index is -0.958. The van der Waals surface area contributed by atoms with Crippen LogP contribution in [0.3, 0.4) is 0 Å². The number of aromatic nitrogens is 2. The van der Waals surface area contributed by atoms with Crippen LogP contribution in [0.4, 0.5) is 10.8 Å². The summed E-state index contributed by atoms with van der Waals surface area (Å²) in [5.41, 5.74) is 3.71. The highest BCUT2D eigenvalue weighted by atomic mass is 32.1. The number of aliphatic hydroxyl groups excluding tert-OH is 1. The van der Waals surface area contributed by atoms with Crippen molar-refractivity contribution in [3.63, 3.8) is 0 Å². The number of fused-ring (bicyclic) bond motifs is 2. The number of carbonyl (C=O) groups excluding carboxylic acids is 2. The molecule has 6 rings (SSSR count). The van der Waals surface area contributed by atoms with Gasteiger partial charge in [0, 0.05) is 30.1 Å². The number of aryl methyl sites for hydroxylation is 2. The Balaban J connectivity index is 1.52. The number of ketones is 1. The first-order valence-corrected chi connectivity index (χ1v) is 12.6. The fraction of sp³-hybridized carbons (Fsp3) is 0.185. The Morgan fingerprint density at radius 2 is 1.89 bits per heavy atom. The van der Waals surface area contributed by atoms with Crippen LogP contribution in [0.15, 0.2) is 66.5 Å². The molecule has 0 bridgehead atoms. The van der Waals surface area contributed by atoms with E-state index < -0.39 is 22.7 Å². The van der Waals surface area contributed by atoms with Gasteiger partial charge in [0.05, 0.1) is 26.8 Å². The van der Waals surface area contributed by atoms with Crippen LogP contribution in [-0.2, 0) is 22.4 Å². The van der Waals surface area contributed by atoms with Crippen LogP contribution in [0, 0.1) is 10.1 Å². The number of amides is 1. The van der Waals surface area contributed by atoms with Gasteiger partial charge < -0.3 is 5.11 Å². The number of aliphatic hydroxyl groups is 1. The summed E-state index contributed by atoms with van der Waals surface area (Å²) in [5.74, 6) is -1.91. The van der Waals surface area contributed by atoms with Gasteiger partial charge in [-0.3, -0.25) is 29.6 Å². The van der Waals surface area contributed by atoms with Gasteiger partial charge in [0.25, 0.3) is 11.5 Å². The first kappa shape index (κ1) is 23.0. The second-order valence-corrected chi connectivity index (χ2v) is 10.1.